The summed E-state index contributed by atoms with van der Waals surface area (Å²) in [6.45, 7) is 6.73. The molecule has 1 atom stereocenters. The fourth-order valence-electron chi connectivity index (χ4n) is 2.98. The third-order valence-electron chi connectivity index (χ3n) is 4.50. The number of hydrogen-bond acceptors (Lipinski definition) is 5. The first-order valence-electron chi connectivity index (χ1n) is 8.44. The number of aliphatic hydroxyl groups excluding tert-OH is 1. The minimum absolute atomic E-state index is 0.304. The lowest BCUT2D eigenvalue weighted by atomic mass is 9.99. The predicted octanol–water partition coefficient (Wildman–Crippen LogP) is 2.60. The van der Waals surface area contributed by atoms with Crippen LogP contribution in [0.25, 0.3) is 0 Å². The highest BCUT2D eigenvalue weighted by molar-refractivity contribution is 7.98. The highest BCUT2D eigenvalue weighted by Crippen LogP contribution is 2.28. The highest BCUT2D eigenvalue weighted by Gasteiger charge is 2.18. The van der Waals surface area contributed by atoms with Gasteiger partial charge in [0.05, 0.1) is 13.2 Å². The van der Waals surface area contributed by atoms with Gasteiger partial charge in [-0.25, -0.2) is 0 Å². The van der Waals surface area contributed by atoms with Crippen molar-refractivity contribution >= 4 is 11.8 Å². The van der Waals surface area contributed by atoms with Gasteiger partial charge in [0.15, 0.2) is 0 Å². The Kier molecular flexibility index (Phi) is 7.70. The highest BCUT2D eigenvalue weighted by atomic mass is 32.2. The minimum Gasteiger partial charge on any atom is -0.496 e. The number of likely N-dealkylation sites (tertiary alicyclic amines) is 1. The summed E-state index contributed by atoms with van der Waals surface area (Å²) >= 11 is 1.69. The van der Waals surface area contributed by atoms with Gasteiger partial charge in [-0.3, -0.25) is 0 Å². The SMILES string of the molecule is COc1ccc(CNCC(O)CN2CCC(C)CC2)cc1SC. The van der Waals surface area contributed by atoms with Gasteiger partial charge in [0.2, 0.25) is 0 Å². The van der Waals surface area contributed by atoms with E-state index < -0.39 is 0 Å². The minimum atomic E-state index is -0.304. The van der Waals surface area contributed by atoms with Crippen LogP contribution >= 0.6 is 11.8 Å². The number of piperidine rings is 1. The van der Waals surface area contributed by atoms with Gasteiger partial charge in [0.1, 0.15) is 5.75 Å². The van der Waals surface area contributed by atoms with Gasteiger partial charge < -0.3 is 20.1 Å². The average Bonchev–Trinajstić information content (AvgIpc) is 2.56. The molecule has 1 fully saturated rings. The Morgan fingerprint density at radius 1 is 1.39 bits per heavy atom. The zero-order valence-electron chi connectivity index (χ0n) is 14.5. The molecule has 1 aliphatic heterocycles. The lowest BCUT2D eigenvalue weighted by Gasteiger charge is -2.31. The molecule has 1 aliphatic rings. The van der Waals surface area contributed by atoms with E-state index in [-0.39, 0.29) is 6.10 Å². The molecule has 1 heterocycles. The van der Waals surface area contributed by atoms with E-state index in [1.807, 2.05) is 6.07 Å². The summed E-state index contributed by atoms with van der Waals surface area (Å²) < 4.78 is 5.34. The summed E-state index contributed by atoms with van der Waals surface area (Å²) in [7, 11) is 1.70. The van der Waals surface area contributed by atoms with E-state index in [4.69, 9.17) is 4.74 Å². The molecule has 23 heavy (non-hydrogen) atoms. The second kappa shape index (κ2) is 9.52. The fraction of sp³-hybridized carbons (Fsp3) is 0.667. The normalized spacial score (nSPS) is 18.1. The van der Waals surface area contributed by atoms with E-state index in [2.05, 4.69) is 35.5 Å². The Morgan fingerprint density at radius 2 is 2.13 bits per heavy atom. The number of methoxy groups -OCH3 is 1. The van der Waals surface area contributed by atoms with Crippen molar-refractivity contribution in [3.63, 3.8) is 0 Å². The molecule has 1 saturated heterocycles. The fourth-order valence-corrected chi connectivity index (χ4v) is 3.60. The maximum atomic E-state index is 10.2. The Bertz CT molecular complexity index is 476. The summed E-state index contributed by atoms with van der Waals surface area (Å²) in [4.78, 5) is 3.53. The van der Waals surface area contributed by atoms with Crippen LogP contribution in [-0.4, -0.2) is 55.7 Å². The van der Waals surface area contributed by atoms with Crippen LogP contribution in [0.15, 0.2) is 23.1 Å². The third-order valence-corrected chi connectivity index (χ3v) is 5.26. The van der Waals surface area contributed by atoms with Crippen molar-refractivity contribution in [2.45, 2.75) is 37.3 Å². The molecule has 1 aromatic rings. The van der Waals surface area contributed by atoms with Crippen molar-refractivity contribution in [3.05, 3.63) is 23.8 Å². The predicted molar refractivity (Wildman–Crippen MR) is 97.3 cm³/mol. The van der Waals surface area contributed by atoms with Gasteiger partial charge in [-0.05, 0) is 55.8 Å². The zero-order chi connectivity index (χ0) is 16.7. The van der Waals surface area contributed by atoms with Crippen molar-refractivity contribution in [2.75, 3.05) is 39.5 Å². The van der Waals surface area contributed by atoms with Crippen LogP contribution < -0.4 is 10.1 Å². The number of aliphatic hydroxyl groups is 1. The van der Waals surface area contributed by atoms with Gasteiger partial charge in [-0.2, -0.15) is 0 Å². The molecule has 0 radical (unpaired) electrons. The Balaban J connectivity index is 1.72. The second-order valence-corrected chi connectivity index (χ2v) is 7.31. The molecule has 2 N–H and O–H groups in total. The largest absolute Gasteiger partial charge is 0.496 e. The number of nitrogens with zero attached hydrogens (tertiary/aromatic N) is 1. The second-order valence-electron chi connectivity index (χ2n) is 6.46. The number of thioether (sulfide) groups is 1. The van der Waals surface area contributed by atoms with Crippen LogP contribution in [0, 0.1) is 5.92 Å². The van der Waals surface area contributed by atoms with Crippen molar-refractivity contribution < 1.29 is 9.84 Å². The average molecular weight is 339 g/mol. The monoisotopic (exact) mass is 338 g/mol. The Labute approximate surface area is 144 Å². The molecule has 4 nitrogen and oxygen atoms in total. The topological polar surface area (TPSA) is 44.7 Å². The number of ether oxygens (including phenoxy) is 1. The first kappa shape index (κ1) is 18.6. The summed E-state index contributed by atoms with van der Waals surface area (Å²) in [5.74, 6) is 1.75. The van der Waals surface area contributed by atoms with Crippen LogP contribution in [0.4, 0.5) is 0 Å². The molecular weight excluding hydrogens is 308 g/mol. The number of rotatable bonds is 8. The number of benzene rings is 1. The maximum Gasteiger partial charge on any atom is 0.132 e. The summed E-state index contributed by atoms with van der Waals surface area (Å²) in [5, 5.41) is 13.6. The first-order valence-corrected chi connectivity index (χ1v) is 9.67. The molecule has 1 aromatic carbocycles. The van der Waals surface area contributed by atoms with E-state index in [0.29, 0.717) is 6.54 Å². The van der Waals surface area contributed by atoms with Gasteiger partial charge in [0, 0.05) is 24.5 Å². The van der Waals surface area contributed by atoms with Gasteiger partial charge in [-0.1, -0.05) is 13.0 Å². The molecule has 0 saturated carbocycles. The number of hydrogen-bond donors (Lipinski definition) is 2. The summed E-state index contributed by atoms with van der Waals surface area (Å²) in [6.07, 6.45) is 4.26. The van der Waals surface area contributed by atoms with Crippen LogP contribution in [0.3, 0.4) is 0 Å². The summed E-state index contributed by atoms with van der Waals surface area (Å²) in [6, 6.07) is 6.23. The van der Waals surface area contributed by atoms with Crippen molar-refractivity contribution in [1.29, 1.82) is 0 Å². The zero-order valence-corrected chi connectivity index (χ0v) is 15.4. The van der Waals surface area contributed by atoms with Crippen molar-refractivity contribution in [2.24, 2.45) is 5.92 Å². The molecular formula is C18H30N2O2S. The number of β-amino-alcohol motifs (C(OH)–C–C–N with tert-alkyl or cyclic N) is 1. The standard InChI is InChI=1S/C18H30N2O2S/c1-14-6-8-20(9-7-14)13-16(21)12-19-11-15-4-5-17(22-2)18(10-15)23-3/h4-5,10,14,16,19,21H,6-9,11-13H2,1-3H3. The Hall–Kier alpha value is -0.750. The molecule has 2 rings (SSSR count). The maximum absolute atomic E-state index is 10.2. The van der Waals surface area contributed by atoms with Gasteiger partial charge in [0.25, 0.3) is 0 Å². The van der Waals surface area contributed by atoms with Gasteiger partial charge >= 0.3 is 0 Å². The molecule has 0 bridgehead atoms. The van der Waals surface area contributed by atoms with Crippen LogP contribution in [0.5, 0.6) is 5.75 Å². The first-order chi connectivity index (χ1) is 11.1. The smallest absolute Gasteiger partial charge is 0.132 e. The van der Waals surface area contributed by atoms with Crippen LogP contribution in [0.2, 0.25) is 0 Å². The van der Waals surface area contributed by atoms with Crippen molar-refractivity contribution in [3.8, 4) is 5.75 Å². The number of nitrogens with one attached hydrogen (secondary N) is 1. The quantitative estimate of drug-likeness (QED) is 0.714. The van der Waals surface area contributed by atoms with Gasteiger partial charge in [-0.15, -0.1) is 11.8 Å². The Morgan fingerprint density at radius 3 is 2.78 bits per heavy atom. The van der Waals surface area contributed by atoms with Crippen LogP contribution in [0.1, 0.15) is 25.3 Å². The van der Waals surface area contributed by atoms with E-state index in [0.717, 1.165) is 42.7 Å². The third kappa shape index (κ3) is 5.99. The molecule has 5 heteroatoms. The van der Waals surface area contributed by atoms with Crippen LogP contribution in [-0.2, 0) is 6.54 Å². The van der Waals surface area contributed by atoms with E-state index in [1.165, 1.54) is 18.4 Å². The molecule has 130 valence electrons. The van der Waals surface area contributed by atoms with E-state index in [9.17, 15) is 5.11 Å². The molecule has 0 aromatic heterocycles. The lowest BCUT2D eigenvalue weighted by molar-refractivity contribution is 0.0907. The van der Waals surface area contributed by atoms with E-state index in [1.54, 1.807) is 18.9 Å². The van der Waals surface area contributed by atoms with E-state index >= 15 is 0 Å². The molecule has 0 spiro atoms. The lowest BCUT2D eigenvalue weighted by Crippen LogP contribution is -2.41. The van der Waals surface area contributed by atoms with Crippen molar-refractivity contribution in [1.82, 2.24) is 10.2 Å². The summed E-state index contributed by atoms with van der Waals surface area (Å²) in [5.41, 5.74) is 1.22. The molecule has 0 amide bonds. The molecule has 0 aliphatic carbocycles. The molecule has 1 unspecified atom stereocenters.